The summed E-state index contributed by atoms with van der Waals surface area (Å²) in [5.74, 6) is 0.750. The minimum atomic E-state index is 0.313. The van der Waals surface area contributed by atoms with Crippen molar-refractivity contribution in [3.63, 3.8) is 0 Å². The van der Waals surface area contributed by atoms with Gasteiger partial charge in [-0.15, -0.1) is 0 Å². The highest BCUT2D eigenvalue weighted by molar-refractivity contribution is 5.77. The molecule has 132 valence electrons. The van der Waals surface area contributed by atoms with Crippen LogP contribution >= 0.6 is 0 Å². The van der Waals surface area contributed by atoms with E-state index in [1.165, 1.54) is 5.56 Å². The predicted octanol–water partition coefficient (Wildman–Crippen LogP) is 2.92. The lowest BCUT2D eigenvalue weighted by atomic mass is 9.97. The molecule has 0 radical (unpaired) electrons. The van der Waals surface area contributed by atoms with E-state index >= 15 is 0 Å². The smallest absolute Gasteiger partial charge is 0.222 e. The molecule has 0 aliphatic carbocycles. The molecule has 1 aromatic carbocycles. The summed E-state index contributed by atoms with van der Waals surface area (Å²) in [6.45, 7) is 8.68. The Kier molecular flexibility index (Phi) is 5.90. The summed E-state index contributed by atoms with van der Waals surface area (Å²) >= 11 is 0. The van der Waals surface area contributed by atoms with E-state index in [0.717, 1.165) is 45.7 Å². The molecule has 4 nitrogen and oxygen atoms in total. The second-order valence-corrected chi connectivity index (χ2v) is 7.55. The van der Waals surface area contributed by atoms with Gasteiger partial charge in [-0.2, -0.15) is 0 Å². The number of hydrogen-bond donors (Lipinski definition) is 0. The fourth-order valence-corrected chi connectivity index (χ4v) is 3.71. The van der Waals surface area contributed by atoms with E-state index in [-0.39, 0.29) is 0 Å². The van der Waals surface area contributed by atoms with Crippen molar-refractivity contribution < 1.29 is 9.53 Å². The molecular weight excluding hydrogens is 300 g/mol. The van der Waals surface area contributed by atoms with Gasteiger partial charge < -0.3 is 9.64 Å². The minimum Gasteiger partial charge on any atom is -0.381 e. The van der Waals surface area contributed by atoms with Crippen LogP contribution in [0, 0.1) is 5.92 Å². The van der Waals surface area contributed by atoms with Crippen molar-refractivity contribution in [2.45, 2.75) is 51.7 Å². The normalized spacial score (nSPS) is 19.8. The van der Waals surface area contributed by atoms with E-state index in [1.807, 2.05) is 4.90 Å². The molecule has 1 aromatic rings. The maximum absolute atomic E-state index is 12.2. The Hall–Kier alpha value is -1.39. The Bertz CT molecular complexity index is 520. The Morgan fingerprint density at radius 3 is 2.46 bits per heavy atom. The van der Waals surface area contributed by atoms with Crippen molar-refractivity contribution >= 4 is 5.91 Å². The number of nitrogens with zero attached hydrogens (tertiary/aromatic N) is 2. The lowest BCUT2D eigenvalue weighted by Crippen LogP contribution is -2.63. The Balaban J connectivity index is 1.61. The summed E-state index contributed by atoms with van der Waals surface area (Å²) in [6, 6.07) is 11.8. The summed E-state index contributed by atoms with van der Waals surface area (Å²) in [6.07, 6.45) is 2.87. The first-order valence-electron chi connectivity index (χ1n) is 9.28. The van der Waals surface area contributed by atoms with Crippen molar-refractivity contribution in [3.8, 4) is 0 Å². The fourth-order valence-electron chi connectivity index (χ4n) is 3.71. The summed E-state index contributed by atoms with van der Waals surface area (Å²) in [5, 5.41) is 0. The van der Waals surface area contributed by atoms with Crippen molar-refractivity contribution in [2.24, 2.45) is 5.92 Å². The van der Waals surface area contributed by atoms with Crippen LogP contribution < -0.4 is 0 Å². The average molecular weight is 330 g/mol. The molecule has 24 heavy (non-hydrogen) atoms. The number of hydrogen-bond acceptors (Lipinski definition) is 3. The van der Waals surface area contributed by atoms with Crippen LogP contribution in [0.2, 0.25) is 0 Å². The van der Waals surface area contributed by atoms with Gasteiger partial charge in [-0.1, -0.05) is 44.2 Å². The van der Waals surface area contributed by atoms with Crippen LogP contribution in [-0.4, -0.2) is 54.1 Å². The number of benzene rings is 1. The number of ether oxygens (including phenoxy) is 1. The molecule has 0 N–H and O–H groups in total. The molecule has 0 spiro atoms. The summed E-state index contributed by atoms with van der Waals surface area (Å²) < 4.78 is 5.54. The zero-order valence-electron chi connectivity index (χ0n) is 15.0. The first kappa shape index (κ1) is 17.4. The molecule has 2 saturated heterocycles. The van der Waals surface area contributed by atoms with Crippen molar-refractivity contribution in [2.75, 3.05) is 26.3 Å². The highest BCUT2D eigenvalue weighted by atomic mass is 16.5. The van der Waals surface area contributed by atoms with E-state index in [9.17, 15) is 4.79 Å². The van der Waals surface area contributed by atoms with E-state index in [2.05, 4.69) is 49.1 Å². The van der Waals surface area contributed by atoms with Crippen LogP contribution in [0.3, 0.4) is 0 Å². The van der Waals surface area contributed by atoms with Crippen LogP contribution in [0.1, 0.15) is 38.7 Å². The SMILES string of the molecule is CC(C)CC(=O)N1CC(N(Cc2ccccc2)C2CCOCC2)C1. The molecule has 2 fully saturated rings. The van der Waals surface area contributed by atoms with Gasteiger partial charge in [0.25, 0.3) is 0 Å². The highest BCUT2D eigenvalue weighted by Crippen LogP contribution is 2.26. The number of amides is 1. The Morgan fingerprint density at radius 2 is 1.83 bits per heavy atom. The van der Waals surface area contributed by atoms with Gasteiger partial charge in [0.05, 0.1) is 0 Å². The zero-order chi connectivity index (χ0) is 16.9. The van der Waals surface area contributed by atoms with Gasteiger partial charge in [-0.05, 0) is 24.3 Å². The topological polar surface area (TPSA) is 32.8 Å². The molecule has 0 aromatic heterocycles. The standard InChI is InChI=1S/C20H30N2O2/c1-16(2)12-20(23)21-14-19(15-21)22(18-8-10-24-11-9-18)13-17-6-4-3-5-7-17/h3-7,16,18-19H,8-15H2,1-2H3. The number of carbonyl (C=O) groups excluding carboxylic acids is 1. The van der Waals surface area contributed by atoms with Crippen LogP contribution in [-0.2, 0) is 16.1 Å². The van der Waals surface area contributed by atoms with Gasteiger partial charge in [-0.3, -0.25) is 9.69 Å². The lowest BCUT2D eigenvalue weighted by Gasteiger charge is -2.49. The van der Waals surface area contributed by atoms with Gasteiger partial charge in [0.2, 0.25) is 5.91 Å². The van der Waals surface area contributed by atoms with Gasteiger partial charge in [0, 0.05) is 51.4 Å². The molecule has 2 heterocycles. The quantitative estimate of drug-likeness (QED) is 0.804. The summed E-state index contributed by atoms with van der Waals surface area (Å²) in [7, 11) is 0. The van der Waals surface area contributed by atoms with Gasteiger partial charge in [0.15, 0.2) is 0 Å². The third kappa shape index (κ3) is 4.37. The van der Waals surface area contributed by atoms with Crippen molar-refractivity contribution in [1.29, 1.82) is 0 Å². The third-order valence-corrected chi connectivity index (χ3v) is 5.13. The maximum atomic E-state index is 12.2. The number of carbonyl (C=O) groups is 1. The van der Waals surface area contributed by atoms with Crippen LogP contribution in [0.5, 0.6) is 0 Å². The van der Waals surface area contributed by atoms with Crippen LogP contribution in [0.25, 0.3) is 0 Å². The molecular formula is C20H30N2O2. The largest absolute Gasteiger partial charge is 0.381 e. The van der Waals surface area contributed by atoms with E-state index in [4.69, 9.17) is 4.74 Å². The van der Waals surface area contributed by atoms with E-state index in [1.54, 1.807) is 0 Å². The average Bonchev–Trinajstić information content (AvgIpc) is 2.53. The summed E-state index contributed by atoms with van der Waals surface area (Å²) in [5.41, 5.74) is 1.36. The number of likely N-dealkylation sites (tertiary alicyclic amines) is 1. The van der Waals surface area contributed by atoms with Gasteiger partial charge >= 0.3 is 0 Å². The monoisotopic (exact) mass is 330 g/mol. The summed E-state index contributed by atoms with van der Waals surface area (Å²) in [4.78, 5) is 16.9. The molecule has 2 aliphatic rings. The first-order valence-corrected chi connectivity index (χ1v) is 9.28. The zero-order valence-corrected chi connectivity index (χ0v) is 15.0. The fraction of sp³-hybridized carbons (Fsp3) is 0.650. The molecule has 1 amide bonds. The third-order valence-electron chi connectivity index (χ3n) is 5.13. The molecule has 2 aliphatic heterocycles. The first-order chi connectivity index (χ1) is 11.6. The Labute approximate surface area is 145 Å². The van der Waals surface area contributed by atoms with Crippen LogP contribution in [0.4, 0.5) is 0 Å². The molecule has 4 heteroatoms. The lowest BCUT2D eigenvalue weighted by molar-refractivity contribution is -0.141. The minimum absolute atomic E-state index is 0.313. The highest BCUT2D eigenvalue weighted by Gasteiger charge is 2.38. The van der Waals surface area contributed by atoms with Gasteiger partial charge in [0.1, 0.15) is 0 Å². The molecule has 0 bridgehead atoms. The van der Waals surface area contributed by atoms with Crippen molar-refractivity contribution in [3.05, 3.63) is 35.9 Å². The number of rotatable bonds is 6. The second-order valence-electron chi connectivity index (χ2n) is 7.55. The van der Waals surface area contributed by atoms with E-state index in [0.29, 0.717) is 30.3 Å². The van der Waals surface area contributed by atoms with E-state index < -0.39 is 0 Å². The Morgan fingerprint density at radius 1 is 1.17 bits per heavy atom. The van der Waals surface area contributed by atoms with Crippen LogP contribution in [0.15, 0.2) is 30.3 Å². The molecule has 0 unspecified atom stereocenters. The second kappa shape index (κ2) is 8.13. The van der Waals surface area contributed by atoms with Crippen molar-refractivity contribution in [1.82, 2.24) is 9.80 Å². The maximum Gasteiger partial charge on any atom is 0.222 e. The van der Waals surface area contributed by atoms with Gasteiger partial charge in [-0.25, -0.2) is 0 Å². The predicted molar refractivity (Wildman–Crippen MR) is 95.6 cm³/mol. The molecule has 0 saturated carbocycles. The molecule has 3 rings (SSSR count). The molecule has 0 atom stereocenters.